The van der Waals surface area contributed by atoms with Crippen LogP contribution in [0.5, 0.6) is 0 Å². The summed E-state index contributed by atoms with van der Waals surface area (Å²) in [6, 6.07) is 14.6. The van der Waals surface area contributed by atoms with Crippen molar-refractivity contribution in [3.8, 4) is 11.1 Å². The molecule has 0 fully saturated rings. The Morgan fingerprint density at radius 2 is 1.66 bits per heavy atom. The monoisotopic (exact) mass is 436 g/mol. The van der Waals surface area contributed by atoms with Crippen LogP contribution in [0.2, 0.25) is 0 Å². The van der Waals surface area contributed by atoms with Crippen molar-refractivity contribution >= 4 is 18.0 Å². The summed E-state index contributed by atoms with van der Waals surface area (Å²) in [5, 5.41) is 14.3. The predicted octanol–water partition coefficient (Wildman–Crippen LogP) is 3.84. The molecule has 2 amide bonds. The van der Waals surface area contributed by atoms with Crippen LogP contribution in [-0.2, 0) is 14.3 Å². The average Bonchev–Trinajstić information content (AvgIpc) is 3.08. The maximum Gasteiger partial charge on any atom is 0.407 e. The van der Waals surface area contributed by atoms with Crippen molar-refractivity contribution in [1.29, 1.82) is 0 Å². The van der Waals surface area contributed by atoms with Gasteiger partial charge in [0.05, 0.1) is 0 Å². The molecule has 2 unspecified atom stereocenters. The van der Waals surface area contributed by atoms with Crippen LogP contribution in [0.3, 0.4) is 0 Å². The number of amides is 2. The molecule has 1 aliphatic carbocycles. The summed E-state index contributed by atoms with van der Waals surface area (Å²) >= 11 is 0. The highest BCUT2D eigenvalue weighted by atomic mass is 16.5. The average molecular weight is 437 g/mol. The summed E-state index contributed by atoms with van der Waals surface area (Å²) in [7, 11) is 0. The van der Waals surface area contributed by atoms with Crippen molar-refractivity contribution in [3.63, 3.8) is 0 Å². The second-order valence-corrected chi connectivity index (χ2v) is 7.90. The fraction of sp³-hybridized carbons (Fsp3) is 0.320. The zero-order chi connectivity index (χ0) is 23.1. The Balaban J connectivity index is 1.51. The SMILES string of the molecule is C=CCCC(NC(=O)CC(C)NC(=O)OCC1c2ccccc2-c2ccccc21)C(=O)O. The van der Waals surface area contributed by atoms with Crippen LogP contribution in [0.25, 0.3) is 11.1 Å². The van der Waals surface area contributed by atoms with E-state index in [1.807, 2.05) is 36.4 Å². The Kier molecular flexibility index (Phi) is 7.65. The molecule has 0 aliphatic heterocycles. The topological polar surface area (TPSA) is 105 Å². The number of nitrogens with one attached hydrogen (secondary N) is 2. The molecule has 2 aromatic carbocycles. The van der Waals surface area contributed by atoms with Crippen LogP contribution in [0.1, 0.15) is 43.2 Å². The highest BCUT2D eigenvalue weighted by molar-refractivity contribution is 5.84. The fourth-order valence-corrected chi connectivity index (χ4v) is 3.97. The molecule has 32 heavy (non-hydrogen) atoms. The molecule has 2 atom stereocenters. The van der Waals surface area contributed by atoms with Gasteiger partial charge < -0.3 is 20.5 Å². The van der Waals surface area contributed by atoms with E-state index < -0.39 is 30.1 Å². The lowest BCUT2D eigenvalue weighted by Gasteiger charge is -2.18. The van der Waals surface area contributed by atoms with Crippen LogP contribution in [0.4, 0.5) is 4.79 Å². The van der Waals surface area contributed by atoms with E-state index in [2.05, 4.69) is 29.3 Å². The highest BCUT2D eigenvalue weighted by Crippen LogP contribution is 2.44. The third-order valence-corrected chi connectivity index (χ3v) is 5.49. The van der Waals surface area contributed by atoms with E-state index in [1.165, 1.54) is 0 Å². The Morgan fingerprint density at radius 1 is 1.06 bits per heavy atom. The van der Waals surface area contributed by atoms with Gasteiger partial charge in [-0.05, 0) is 42.0 Å². The number of alkyl carbamates (subject to hydrolysis) is 1. The second-order valence-electron chi connectivity index (χ2n) is 7.90. The maximum atomic E-state index is 12.3. The van der Waals surface area contributed by atoms with E-state index in [0.717, 1.165) is 22.3 Å². The molecule has 0 saturated heterocycles. The van der Waals surface area contributed by atoms with Crippen molar-refractivity contribution in [1.82, 2.24) is 10.6 Å². The van der Waals surface area contributed by atoms with Gasteiger partial charge in [0.25, 0.3) is 0 Å². The Bertz CT molecular complexity index is 958. The van der Waals surface area contributed by atoms with E-state index >= 15 is 0 Å². The number of carbonyl (C=O) groups excluding carboxylic acids is 2. The number of ether oxygens (including phenoxy) is 1. The number of allylic oxidation sites excluding steroid dienone is 1. The molecule has 0 saturated carbocycles. The van der Waals surface area contributed by atoms with Crippen molar-refractivity contribution in [2.45, 2.75) is 44.2 Å². The molecule has 0 bridgehead atoms. The van der Waals surface area contributed by atoms with Crippen molar-refractivity contribution in [2.75, 3.05) is 6.61 Å². The first kappa shape index (κ1) is 23.1. The first-order valence-electron chi connectivity index (χ1n) is 10.6. The van der Waals surface area contributed by atoms with Crippen LogP contribution < -0.4 is 10.6 Å². The van der Waals surface area contributed by atoms with Crippen molar-refractivity contribution in [2.24, 2.45) is 0 Å². The standard InChI is InChI=1S/C25H28N2O5/c1-3-4-13-22(24(29)30)27-23(28)14-16(2)26-25(31)32-15-21-19-11-7-5-9-17(19)18-10-6-8-12-20(18)21/h3,5-12,16,21-22H,1,4,13-15H2,2H3,(H,26,31)(H,27,28)(H,29,30). The Morgan fingerprint density at radius 3 is 2.22 bits per heavy atom. The third kappa shape index (κ3) is 5.55. The number of carboxylic acids is 1. The molecule has 1 aliphatic rings. The third-order valence-electron chi connectivity index (χ3n) is 5.49. The number of rotatable bonds is 10. The largest absolute Gasteiger partial charge is 0.480 e. The number of hydrogen-bond acceptors (Lipinski definition) is 4. The molecule has 7 nitrogen and oxygen atoms in total. The predicted molar refractivity (Wildman–Crippen MR) is 121 cm³/mol. The number of carbonyl (C=O) groups is 3. The molecule has 3 N–H and O–H groups in total. The van der Waals surface area contributed by atoms with E-state index in [4.69, 9.17) is 4.74 Å². The van der Waals surface area contributed by atoms with Crippen LogP contribution in [0, 0.1) is 0 Å². The molecule has 3 rings (SSSR count). The fourth-order valence-electron chi connectivity index (χ4n) is 3.97. The van der Waals surface area contributed by atoms with E-state index in [1.54, 1.807) is 13.0 Å². The minimum absolute atomic E-state index is 0.0482. The molecule has 0 spiro atoms. The minimum Gasteiger partial charge on any atom is -0.480 e. The normalized spacial score (nSPS) is 13.9. The quantitative estimate of drug-likeness (QED) is 0.491. The Labute approximate surface area is 187 Å². The minimum atomic E-state index is -1.10. The molecule has 2 aromatic rings. The smallest absolute Gasteiger partial charge is 0.407 e. The summed E-state index contributed by atoms with van der Waals surface area (Å²) in [4.78, 5) is 35.7. The maximum absolute atomic E-state index is 12.3. The first-order chi connectivity index (χ1) is 15.4. The summed E-state index contributed by atoms with van der Waals surface area (Å²) in [6.45, 7) is 5.41. The lowest BCUT2D eigenvalue weighted by molar-refractivity contribution is -0.142. The zero-order valence-electron chi connectivity index (χ0n) is 18.0. The van der Waals surface area contributed by atoms with Gasteiger partial charge in [-0.15, -0.1) is 6.58 Å². The highest BCUT2D eigenvalue weighted by Gasteiger charge is 2.29. The van der Waals surface area contributed by atoms with Crippen molar-refractivity contribution in [3.05, 3.63) is 72.3 Å². The lowest BCUT2D eigenvalue weighted by Crippen LogP contribution is -2.44. The van der Waals surface area contributed by atoms with Gasteiger partial charge in [-0.1, -0.05) is 54.6 Å². The molecule has 7 heteroatoms. The van der Waals surface area contributed by atoms with Crippen LogP contribution >= 0.6 is 0 Å². The van der Waals surface area contributed by atoms with Gasteiger partial charge in [0.2, 0.25) is 5.91 Å². The van der Waals surface area contributed by atoms with Gasteiger partial charge in [0, 0.05) is 18.4 Å². The summed E-state index contributed by atoms with van der Waals surface area (Å²) in [6.07, 6.45) is 1.67. The summed E-state index contributed by atoms with van der Waals surface area (Å²) < 4.78 is 5.48. The van der Waals surface area contributed by atoms with Gasteiger partial charge in [0.1, 0.15) is 12.6 Å². The van der Waals surface area contributed by atoms with Gasteiger partial charge >= 0.3 is 12.1 Å². The van der Waals surface area contributed by atoms with E-state index in [9.17, 15) is 19.5 Å². The first-order valence-corrected chi connectivity index (χ1v) is 10.6. The molecule has 0 radical (unpaired) electrons. The number of hydrogen-bond donors (Lipinski definition) is 3. The molecule has 0 aromatic heterocycles. The number of fused-ring (bicyclic) bond motifs is 3. The molecule has 0 heterocycles. The summed E-state index contributed by atoms with van der Waals surface area (Å²) in [5.74, 6) is -1.60. The van der Waals surface area contributed by atoms with Gasteiger partial charge in [0.15, 0.2) is 0 Å². The zero-order valence-corrected chi connectivity index (χ0v) is 18.0. The number of aliphatic carboxylic acids is 1. The summed E-state index contributed by atoms with van der Waals surface area (Å²) in [5.41, 5.74) is 4.53. The molecular weight excluding hydrogens is 408 g/mol. The van der Waals surface area contributed by atoms with Gasteiger partial charge in [-0.3, -0.25) is 4.79 Å². The van der Waals surface area contributed by atoms with Crippen molar-refractivity contribution < 1.29 is 24.2 Å². The molecular formula is C25H28N2O5. The van der Waals surface area contributed by atoms with E-state index in [-0.39, 0.29) is 25.4 Å². The second kappa shape index (κ2) is 10.6. The van der Waals surface area contributed by atoms with E-state index in [0.29, 0.717) is 6.42 Å². The molecule has 168 valence electrons. The van der Waals surface area contributed by atoms with Crippen LogP contribution in [-0.4, -0.2) is 41.8 Å². The van der Waals surface area contributed by atoms with Gasteiger partial charge in [-0.25, -0.2) is 9.59 Å². The Hall–Kier alpha value is -3.61. The number of benzene rings is 2. The lowest BCUT2D eigenvalue weighted by atomic mass is 9.98. The van der Waals surface area contributed by atoms with Crippen LogP contribution in [0.15, 0.2) is 61.2 Å². The number of carboxylic acid groups (broad SMARTS) is 1. The van der Waals surface area contributed by atoms with Gasteiger partial charge in [-0.2, -0.15) is 0 Å².